The molecule has 2 rings (SSSR count). The fourth-order valence-corrected chi connectivity index (χ4v) is 1.92. The van der Waals surface area contributed by atoms with Gasteiger partial charge < -0.3 is 15.0 Å². The number of H-pyrrole nitrogens is 1. The van der Waals surface area contributed by atoms with E-state index in [0.717, 1.165) is 19.5 Å². The van der Waals surface area contributed by atoms with Gasteiger partial charge in [0.15, 0.2) is 0 Å². The van der Waals surface area contributed by atoms with Gasteiger partial charge in [-0.2, -0.15) is 0 Å². The molecule has 5 heteroatoms. The summed E-state index contributed by atoms with van der Waals surface area (Å²) in [7, 11) is 0. The number of ether oxygens (including phenoxy) is 1. The summed E-state index contributed by atoms with van der Waals surface area (Å²) in [5.74, 6) is 1.71. The summed E-state index contributed by atoms with van der Waals surface area (Å²) in [5, 5.41) is 3.31. The molecule has 1 unspecified atom stereocenters. The molecule has 1 fully saturated rings. The van der Waals surface area contributed by atoms with Crippen molar-refractivity contribution in [1.29, 1.82) is 0 Å². The molecular formula is C11H17N3O2. The predicted octanol–water partition coefficient (Wildman–Crippen LogP) is 0.457. The summed E-state index contributed by atoms with van der Waals surface area (Å²) in [6.07, 6.45) is 2.23. The molecule has 88 valence electrons. The van der Waals surface area contributed by atoms with Gasteiger partial charge in [0, 0.05) is 0 Å². The van der Waals surface area contributed by atoms with Crippen molar-refractivity contribution < 1.29 is 4.74 Å². The number of rotatable bonds is 4. The van der Waals surface area contributed by atoms with Crippen LogP contribution in [0.25, 0.3) is 0 Å². The summed E-state index contributed by atoms with van der Waals surface area (Å²) in [4.78, 5) is 17.8. The highest BCUT2D eigenvalue weighted by atomic mass is 16.5. The molecule has 0 radical (unpaired) electrons. The van der Waals surface area contributed by atoms with Crippen LogP contribution in [-0.2, 0) is 0 Å². The first-order chi connectivity index (χ1) is 7.74. The highest BCUT2D eigenvalue weighted by Gasteiger charge is 2.14. The van der Waals surface area contributed by atoms with Crippen LogP contribution in [0.4, 0.5) is 0 Å². The van der Waals surface area contributed by atoms with Crippen LogP contribution in [0.2, 0.25) is 0 Å². The highest BCUT2D eigenvalue weighted by Crippen LogP contribution is 2.12. The Morgan fingerprint density at radius 3 is 3.19 bits per heavy atom. The number of aryl methyl sites for hydroxylation is 1. The van der Waals surface area contributed by atoms with E-state index in [0.29, 0.717) is 24.2 Å². The van der Waals surface area contributed by atoms with E-state index in [4.69, 9.17) is 4.74 Å². The van der Waals surface area contributed by atoms with Gasteiger partial charge in [-0.15, -0.1) is 0 Å². The summed E-state index contributed by atoms with van der Waals surface area (Å²) in [6, 6.07) is 1.39. The van der Waals surface area contributed by atoms with Gasteiger partial charge in [-0.1, -0.05) is 0 Å². The Hall–Kier alpha value is -1.36. The maximum atomic E-state index is 11.1. The van der Waals surface area contributed by atoms with Crippen molar-refractivity contribution in [3.05, 3.63) is 22.2 Å². The first-order valence-corrected chi connectivity index (χ1v) is 5.65. The van der Waals surface area contributed by atoms with Crippen LogP contribution in [0, 0.1) is 12.8 Å². The Bertz CT molecular complexity index is 396. The van der Waals surface area contributed by atoms with Gasteiger partial charge in [0.05, 0.1) is 12.7 Å². The molecule has 0 aliphatic carbocycles. The fraction of sp³-hybridized carbons (Fsp3) is 0.636. The van der Waals surface area contributed by atoms with Gasteiger partial charge in [-0.25, -0.2) is 4.98 Å². The van der Waals surface area contributed by atoms with Gasteiger partial charge in [-0.3, -0.25) is 4.79 Å². The van der Waals surface area contributed by atoms with Crippen LogP contribution in [0.1, 0.15) is 18.7 Å². The van der Waals surface area contributed by atoms with E-state index < -0.39 is 0 Å². The lowest BCUT2D eigenvalue weighted by Gasteiger charge is -2.09. The largest absolute Gasteiger partial charge is 0.477 e. The number of aromatic nitrogens is 2. The summed E-state index contributed by atoms with van der Waals surface area (Å²) in [5.41, 5.74) is -0.162. The van der Waals surface area contributed by atoms with Crippen molar-refractivity contribution in [1.82, 2.24) is 15.3 Å². The minimum atomic E-state index is -0.162. The highest BCUT2D eigenvalue weighted by molar-refractivity contribution is 5.07. The van der Waals surface area contributed by atoms with Crippen LogP contribution in [0.15, 0.2) is 10.9 Å². The van der Waals surface area contributed by atoms with E-state index in [-0.39, 0.29) is 5.56 Å². The van der Waals surface area contributed by atoms with Crippen molar-refractivity contribution in [3.8, 4) is 5.88 Å². The van der Waals surface area contributed by atoms with Crippen molar-refractivity contribution in [2.24, 2.45) is 5.92 Å². The smallest absolute Gasteiger partial charge is 0.254 e. The molecule has 2 N–H and O–H groups in total. The predicted molar refractivity (Wildman–Crippen MR) is 60.7 cm³/mol. The first kappa shape index (κ1) is 11.1. The minimum absolute atomic E-state index is 0.162. The second-order valence-electron chi connectivity index (χ2n) is 4.17. The van der Waals surface area contributed by atoms with Gasteiger partial charge >= 0.3 is 0 Å². The van der Waals surface area contributed by atoms with Crippen LogP contribution in [0.3, 0.4) is 0 Å². The van der Waals surface area contributed by atoms with E-state index >= 15 is 0 Å². The third-order valence-electron chi connectivity index (χ3n) is 2.77. The average molecular weight is 223 g/mol. The number of nitrogens with zero attached hydrogens (tertiary/aromatic N) is 1. The zero-order valence-electron chi connectivity index (χ0n) is 9.45. The van der Waals surface area contributed by atoms with Crippen molar-refractivity contribution in [3.63, 3.8) is 0 Å². The Morgan fingerprint density at radius 2 is 2.50 bits per heavy atom. The molecule has 0 amide bonds. The van der Waals surface area contributed by atoms with Crippen LogP contribution < -0.4 is 15.6 Å². The van der Waals surface area contributed by atoms with Gasteiger partial charge in [-0.05, 0) is 38.8 Å². The standard InChI is InChI=1S/C11H17N3O2/c1-8-13-10(15)6-11(14-8)16-5-3-9-2-4-12-7-9/h6,9,12H,2-5,7H2,1H3,(H,13,14,15). The molecule has 2 heterocycles. The maximum absolute atomic E-state index is 11.1. The molecule has 0 saturated carbocycles. The number of hydrogen-bond acceptors (Lipinski definition) is 4. The molecule has 1 aromatic heterocycles. The molecule has 1 saturated heterocycles. The average Bonchev–Trinajstić information content (AvgIpc) is 2.69. The molecule has 1 aromatic rings. The molecule has 5 nitrogen and oxygen atoms in total. The third kappa shape index (κ3) is 3.06. The van der Waals surface area contributed by atoms with E-state index in [1.165, 1.54) is 12.5 Å². The zero-order chi connectivity index (χ0) is 11.4. The van der Waals surface area contributed by atoms with Gasteiger partial charge in [0.1, 0.15) is 5.82 Å². The summed E-state index contributed by atoms with van der Waals surface area (Å²) < 4.78 is 5.47. The molecular weight excluding hydrogens is 206 g/mol. The monoisotopic (exact) mass is 223 g/mol. The summed E-state index contributed by atoms with van der Waals surface area (Å²) in [6.45, 7) is 4.55. The second-order valence-corrected chi connectivity index (χ2v) is 4.17. The van der Waals surface area contributed by atoms with Crippen molar-refractivity contribution in [2.45, 2.75) is 19.8 Å². The number of nitrogens with one attached hydrogen (secondary N) is 2. The Morgan fingerprint density at radius 1 is 1.62 bits per heavy atom. The maximum Gasteiger partial charge on any atom is 0.254 e. The van der Waals surface area contributed by atoms with Gasteiger partial charge in [0.2, 0.25) is 5.88 Å². The molecule has 0 bridgehead atoms. The fourth-order valence-electron chi connectivity index (χ4n) is 1.92. The molecule has 1 aliphatic rings. The van der Waals surface area contributed by atoms with E-state index in [2.05, 4.69) is 15.3 Å². The number of hydrogen-bond donors (Lipinski definition) is 2. The normalized spacial score (nSPS) is 19.9. The van der Waals surface area contributed by atoms with Crippen LogP contribution in [0.5, 0.6) is 5.88 Å². The SMILES string of the molecule is Cc1nc(OCCC2CCNC2)cc(=O)[nH]1. The van der Waals surface area contributed by atoms with Crippen molar-refractivity contribution in [2.75, 3.05) is 19.7 Å². The van der Waals surface area contributed by atoms with Crippen LogP contribution in [-0.4, -0.2) is 29.7 Å². The molecule has 1 aliphatic heterocycles. The Labute approximate surface area is 94.2 Å². The third-order valence-corrected chi connectivity index (χ3v) is 2.77. The van der Waals surface area contributed by atoms with E-state index in [1.807, 2.05) is 0 Å². The molecule has 1 atom stereocenters. The zero-order valence-corrected chi connectivity index (χ0v) is 9.45. The topological polar surface area (TPSA) is 67.0 Å². The Balaban J connectivity index is 1.82. The quantitative estimate of drug-likeness (QED) is 0.778. The van der Waals surface area contributed by atoms with Crippen molar-refractivity contribution >= 4 is 0 Å². The first-order valence-electron chi connectivity index (χ1n) is 5.65. The number of aromatic amines is 1. The molecule has 0 aromatic carbocycles. The second kappa shape index (κ2) is 5.12. The molecule has 16 heavy (non-hydrogen) atoms. The minimum Gasteiger partial charge on any atom is -0.477 e. The lowest BCUT2D eigenvalue weighted by atomic mass is 10.1. The lowest BCUT2D eigenvalue weighted by molar-refractivity contribution is 0.272. The van der Waals surface area contributed by atoms with E-state index in [1.54, 1.807) is 6.92 Å². The van der Waals surface area contributed by atoms with E-state index in [9.17, 15) is 4.79 Å². The lowest BCUT2D eigenvalue weighted by Crippen LogP contribution is -2.14. The van der Waals surface area contributed by atoms with Crippen LogP contribution >= 0.6 is 0 Å². The summed E-state index contributed by atoms with van der Waals surface area (Å²) >= 11 is 0. The van der Waals surface area contributed by atoms with Gasteiger partial charge in [0.25, 0.3) is 5.56 Å². The molecule has 0 spiro atoms. The Kier molecular flexibility index (Phi) is 3.56.